The summed E-state index contributed by atoms with van der Waals surface area (Å²) in [4.78, 5) is 20.7. The van der Waals surface area contributed by atoms with Crippen LogP contribution >= 0.6 is 11.8 Å². The van der Waals surface area contributed by atoms with Crippen LogP contribution in [-0.4, -0.2) is 21.6 Å². The standard InChI is InChI=1S/C19H14F3N3OS/c1-11-8-18(25-19(23-11)12-2-4-13(20)5-3-12)27-10-17(26)24-16-9-14(21)6-7-15(16)22/h2-9H,10H2,1H3,(H,24,26). The largest absolute Gasteiger partial charge is 0.323 e. The number of hydrogen-bond acceptors (Lipinski definition) is 4. The van der Waals surface area contributed by atoms with E-state index in [2.05, 4.69) is 15.3 Å². The van der Waals surface area contributed by atoms with E-state index in [4.69, 9.17) is 0 Å². The molecule has 0 unspecified atom stereocenters. The average Bonchev–Trinajstić information content (AvgIpc) is 2.63. The molecule has 2 aromatic carbocycles. The van der Waals surface area contributed by atoms with Gasteiger partial charge in [0.25, 0.3) is 0 Å². The number of rotatable bonds is 5. The Morgan fingerprint density at radius 1 is 1.00 bits per heavy atom. The Morgan fingerprint density at radius 3 is 2.44 bits per heavy atom. The van der Waals surface area contributed by atoms with Gasteiger partial charge in [-0.05, 0) is 49.4 Å². The van der Waals surface area contributed by atoms with Crippen molar-refractivity contribution in [3.63, 3.8) is 0 Å². The van der Waals surface area contributed by atoms with Gasteiger partial charge in [-0.1, -0.05) is 11.8 Å². The molecule has 4 nitrogen and oxygen atoms in total. The Kier molecular flexibility index (Phi) is 5.75. The molecular formula is C19H14F3N3OS. The van der Waals surface area contributed by atoms with Crippen molar-refractivity contribution in [3.8, 4) is 11.4 Å². The number of amides is 1. The molecule has 0 aliphatic rings. The van der Waals surface area contributed by atoms with E-state index < -0.39 is 17.5 Å². The number of nitrogens with zero attached hydrogens (tertiary/aromatic N) is 2. The van der Waals surface area contributed by atoms with Gasteiger partial charge in [-0.2, -0.15) is 0 Å². The predicted molar refractivity (Wildman–Crippen MR) is 97.9 cm³/mol. The van der Waals surface area contributed by atoms with Crippen molar-refractivity contribution in [2.24, 2.45) is 0 Å². The van der Waals surface area contributed by atoms with E-state index in [0.717, 1.165) is 30.0 Å². The monoisotopic (exact) mass is 389 g/mol. The van der Waals surface area contributed by atoms with Crippen LogP contribution in [0.3, 0.4) is 0 Å². The highest BCUT2D eigenvalue weighted by Gasteiger charge is 2.11. The molecule has 0 atom stereocenters. The number of anilines is 1. The van der Waals surface area contributed by atoms with Crippen molar-refractivity contribution in [1.29, 1.82) is 0 Å². The normalized spacial score (nSPS) is 10.7. The lowest BCUT2D eigenvalue weighted by Gasteiger charge is -2.08. The quantitative estimate of drug-likeness (QED) is 0.512. The Balaban J connectivity index is 1.69. The summed E-state index contributed by atoms with van der Waals surface area (Å²) in [7, 11) is 0. The van der Waals surface area contributed by atoms with E-state index in [1.165, 1.54) is 12.1 Å². The lowest BCUT2D eigenvalue weighted by molar-refractivity contribution is -0.113. The summed E-state index contributed by atoms with van der Waals surface area (Å²) < 4.78 is 39.8. The molecule has 0 bridgehead atoms. The summed E-state index contributed by atoms with van der Waals surface area (Å²) in [5, 5.41) is 2.87. The molecule has 27 heavy (non-hydrogen) atoms. The lowest BCUT2D eigenvalue weighted by atomic mass is 10.2. The number of carbonyl (C=O) groups is 1. The molecule has 0 saturated carbocycles. The first-order valence-corrected chi connectivity index (χ1v) is 8.88. The van der Waals surface area contributed by atoms with E-state index >= 15 is 0 Å². The Bertz CT molecular complexity index is 980. The van der Waals surface area contributed by atoms with Crippen molar-refractivity contribution in [1.82, 2.24) is 9.97 Å². The van der Waals surface area contributed by atoms with Crippen molar-refractivity contribution in [3.05, 3.63) is 71.7 Å². The summed E-state index contributed by atoms with van der Waals surface area (Å²) in [6, 6.07) is 10.3. The number of nitrogens with one attached hydrogen (secondary N) is 1. The highest BCUT2D eigenvalue weighted by Crippen LogP contribution is 2.22. The van der Waals surface area contributed by atoms with Crippen LogP contribution in [-0.2, 0) is 4.79 Å². The van der Waals surface area contributed by atoms with Gasteiger partial charge in [0, 0.05) is 17.3 Å². The number of thioether (sulfide) groups is 1. The molecule has 0 fully saturated rings. The minimum absolute atomic E-state index is 0.0464. The summed E-state index contributed by atoms with van der Waals surface area (Å²) in [5.41, 5.74) is 1.11. The molecule has 1 amide bonds. The highest BCUT2D eigenvalue weighted by molar-refractivity contribution is 7.99. The van der Waals surface area contributed by atoms with Gasteiger partial charge < -0.3 is 5.32 Å². The first kappa shape index (κ1) is 18.9. The molecule has 1 aromatic heterocycles. The first-order chi connectivity index (χ1) is 12.9. The van der Waals surface area contributed by atoms with Crippen LogP contribution in [0.25, 0.3) is 11.4 Å². The smallest absolute Gasteiger partial charge is 0.234 e. The van der Waals surface area contributed by atoms with Crippen molar-refractivity contribution in [2.75, 3.05) is 11.1 Å². The van der Waals surface area contributed by atoms with Gasteiger partial charge in [-0.25, -0.2) is 23.1 Å². The number of carbonyl (C=O) groups excluding carboxylic acids is 1. The van der Waals surface area contributed by atoms with Gasteiger partial charge in [0.1, 0.15) is 22.5 Å². The number of benzene rings is 2. The predicted octanol–water partition coefficient (Wildman–Crippen LogP) is 4.60. The highest BCUT2D eigenvalue weighted by atomic mass is 32.2. The number of hydrogen-bond donors (Lipinski definition) is 1. The van der Waals surface area contributed by atoms with E-state index in [9.17, 15) is 18.0 Å². The summed E-state index contributed by atoms with van der Waals surface area (Å²) in [6.07, 6.45) is 0. The molecular weight excluding hydrogens is 375 g/mol. The molecule has 138 valence electrons. The molecule has 8 heteroatoms. The van der Waals surface area contributed by atoms with Crippen molar-refractivity contribution >= 4 is 23.4 Å². The molecule has 1 N–H and O–H groups in total. The van der Waals surface area contributed by atoms with Gasteiger partial charge in [-0.3, -0.25) is 4.79 Å². The molecule has 0 saturated heterocycles. The van der Waals surface area contributed by atoms with Gasteiger partial charge in [0.2, 0.25) is 5.91 Å². The van der Waals surface area contributed by atoms with Crippen molar-refractivity contribution in [2.45, 2.75) is 11.9 Å². The number of aryl methyl sites for hydroxylation is 1. The molecule has 0 spiro atoms. The minimum atomic E-state index is -0.716. The molecule has 0 radical (unpaired) electrons. The van der Waals surface area contributed by atoms with Crippen molar-refractivity contribution < 1.29 is 18.0 Å². The van der Waals surface area contributed by atoms with E-state index in [-0.39, 0.29) is 17.3 Å². The van der Waals surface area contributed by atoms with Gasteiger partial charge in [0.05, 0.1) is 11.4 Å². The fraction of sp³-hybridized carbons (Fsp3) is 0.105. The number of halogens is 3. The SMILES string of the molecule is Cc1cc(SCC(=O)Nc2cc(F)ccc2F)nc(-c2ccc(F)cc2)n1. The topological polar surface area (TPSA) is 54.9 Å². The zero-order chi connectivity index (χ0) is 19.4. The van der Waals surface area contributed by atoms with E-state index in [0.29, 0.717) is 22.1 Å². The van der Waals surface area contributed by atoms with Gasteiger partial charge in [0.15, 0.2) is 5.82 Å². The fourth-order valence-corrected chi connectivity index (χ4v) is 3.02. The average molecular weight is 389 g/mol. The maximum Gasteiger partial charge on any atom is 0.234 e. The number of aromatic nitrogens is 2. The third kappa shape index (κ3) is 5.07. The van der Waals surface area contributed by atoms with Crippen LogP contribution in [0.15, 0.2) is 53.6 Å². The first-order valence-electron chi connectivity index (χ1n) is 7.90. The van der Waals surface area contributed by atoms with E-state index in [1.807, 2.05) is 0 Å². The second-order valence-corrected chi connectivity index (χ2v) is 6.63. The van der Waals surface area contributed by atoms with Crippen LogP contribution in [0, 0.1) is 24.4 Å². The maximum atomic E-state index is 13.6. The van der Waals surface area contributed by atoms with Gasteiger partial charge >= 0.3 is 0 Å². The van der Waals surface area contributed by atoms with Crippen LogP contribution in [0.1, 0.15) is 5.69 Å². The summed E-state index contributed by atoms with van der Waals surface area (Å²) >= 11 is 1.13. The molecule has 0 aliphatic carbocycles. The van der Waals surface area contributed by atoms with Crippen LogP contribution in [0.5, 0.6) is 0 Å². The molecule has 3 aromatic rings. The van der Waals surface area contributed by atoms with Crippen LogP contribution < -0.4 is 5.32 Å². The molecule has 0 aliphatic heterocycles. The van der Waals surface area contributed by atoms with E-state index in [1.54, 1.807) is 25.1 Å². The minimum Gasteiger partial charge on any atom is -0.323 e. The Labute approximate surface area is 157 Å². The second kappa shape index (κ2) is 8.22. The van der Waals surface area contributed by atoms with Gasteiger partial charge in [-0.15, -0.1) is 0 Å². The summed E-state index contributed by atoms with van der Waals surface area (Å²) in [6.45, 7) is 1.78. The third-order valence-corrected chi connectivity index (χ3v) is 4.40. The Hall–Kier alpha value is -2.87. The third-order valence-electron chi connectivity index (χ3n) is 3.49. The zero-order valence-corrected chi connectivity index (χ0v) is 15.0. The molecule has 1 heterocycles. The maximum absolute atomic E-state index is 13.6. The lowest BCUT2D eigenvalue weighted by Crippen LogP contribution is -2.15. The van der Waals surface area contributed by atoms with Crippen LogP contribution in [0.2, 0.25) is 0 Å². The van der Waals surface area contributed by atoms with Crippen LogP contribution in [0.4, 0.5) is 18.9 Å². The fourth-order valence-electron chi connectivity index (χ4n) is 2.26. The zero-order valence-electron chi connectivity index (χ0n) is 14.2. The molecule has 3 rings (SSSR count). The second-order valence-electron chi connectivity index (χ2n) is 5.64. The Morgan fingerprint density at radius 2 is 1.70 bits per heavy atom. The summed E-state index contributed by atoms with van der Waals surface area (Å²) in [5.74, 6) is -1.85.